The van der Waals surface area contributed by atoms with E-state index in [1.807, 2.05) is 0 Å². The molecule has 0 saturated carbocycles. The number of sulfone groups is 1. The van der Waals surface area contributed by atoms with Crippen molar-refractivity contribution in [1.82, 2.24) is 19.3 Å². The first-order valence-electron chi connectivity index (χ1n) is 8.69. The summed E-state index contributed by atoms with van der Waals surface area (Å²) in [6, 6.07) is 5.14. The minimum atomic E-state index is -4.56. The van der Waals surface area contributed by atoms with Gasteiger partial charge in [0.1, 0.15) is 11.3 Å². The fraction of sp³-hybridized carbons (Fsp3) is 0.294. The topological polar surface area (TPSA) is 113 Å². The highest BCUT2D eigenvalue weighted by Crippen LogP contribution is 2.34. The number of nitrogens with one attached hydrogen (secondary N) is 1. The van der Waals surface area contributed by atoms with Gasteiger partial charge >= 0.3 is 6.18 Å². The summed E-state index contributed by atoms with van der Waals surface area (Å²) in [4.78, 5) is 10.1. The summed E-state index contributed by atoms with van der Waals surface area (Å²) in [6.45, 7) is -0.300. The first-order chi connectivity index (χ1) is 14.0. The van der Waals surface area contributed by atoms with Gasteiger partial charge in [0.15, 0.2) is 14.9 Å². The van der Waals surface area contributed by atoms with Gasteiger partial charge < -0.3 is 4.98 Å². The van der Waals surface area contributed by atoms with E-state index in [2.05, 4.69) is 15.0 Å². The maximum Gasteiger partial charge on any atom is 0.431 e. The van der Waals surface area contributed by atoms with Gasteiger partial charge in [0.25, 0.3) is 10.0 Å². The predicted octanol–water partition coefficient (Wildman–Crippen LogP) is 2.31. The molecule has 0 spiro atoms. The zero-order chi connectivity index (χ0) is 21.7. The second-order valence-electron chi connectivity index (χ2n) is 6.74. The fourth-order valence-electron chi connectivity index (χ4n) is 3.19. The molecule has 1 aliphatic heterocycles. The van der Waals surface area contributed by atoms with Crippen LogP contribution in [0.3, 0.4) is 0 Å². The van der Waals surface area contributed by atoms with E-state index in [1.54, 1.807) is 0 Å². The van der Waals surface area contributed by atoms with Crippen molar-refractivity contribution in [3.05, 3.63) is 42.4 Å². The normalized spacial score (nSPS) is 18.0. The Kier molecular flexibility index (Phi) is 4.86. The van der Waals surface area contributed by atoms with Gasteiger partial charge in [-0.15, -0.1) is 0 Å². The number of fused-ring (bicyclic) bond motifs is 1. The average molecular weight is 462 g/mol. The van der Waals surface area contributed by atoms with Crippen LogP contribution in [0, 0.1) is 0 Å². The van der Waals surface area contributed by atoms with E-state index < -0.39 is 31.7 Å². The van der Waals surface area contributed by atoms with Gasteiger partial charge in [-0.3, -0.25) is 0 Å². The van der Waals surface area contributed by atoms with Crippen LogP contribution < -0.4 is 0 Å². The molecule has 0 bridgehead atoms. The number of halogens is 3. The lowest BCUT2D eigenvalue weighted by Gasteiger charge is -2.25. The number of sulfonamides is 1. The Balaban J connectivity index is 0.00000272. The van der Waals surface area contributed by atoms with Crippen LogP contribution in [-0.2, 0) is 26.0 Å². The predicted molar refractivity (Wildman–Crippen MR) is 104 cm³/mol. The van der Waals surface area contributed by atoms with E-state index in [-0.39, 0.29) is 42.1 Å². The molecule has 1 saturated heterocycles. The minimum absolute atomic E-state index is 0. The number of aromatic nitrogens is 3. The Morgan fingerprint density at radius 2 is 1.80 bits per heavy atom. The Hall–Kier alpha value is -2.51. The Bertz CT molecular complexity index is 1310. The second kappa shape index (κ2) is 7.03. The molecule has 13 heteroatoms. The molecule has 8 nitrogen and oxygen atoms in total. The van der Waals surface area contributed by atoms with E-state index in [0.717, 1.165) is 10.4 Å². The van der Waals surface area contributed by atoms with Crippen molar-refractivity contribution >= 4 is 30.9 Å². The molecular weight excluding hydrogens is 445 g/mol. The second-order valence-corrected chi connectivity index (χ2v) is 10.9. The van der Waals surface area contributed by atoms with Crippen LogP contribution in [-0.4, -0.2) is 60.7 Å². The summed E-state index contributed by atoms with van der Waals surface area (Å²) >= 11 is 0. The van der Waals surface area contributed by atoms with Gasteiger partial charge in [-0.1, -0.05) is 0 Å². The van der Waals surface area contributed by atoms with Crippen molar-refractivity contribution < 1.29 is 31.4 Å². The largest absolute Gasteiger partial charge is 0.431 e. The molecule has 1 aliphatic rings. The van der Waals surface area contributed by atoms with Crippen LogP contribution >= 0.6 is 0 Å². The maximum atomic E-state index is 13.0. The average Bonchev–Trinajstić information content (AvgIpc) is 3.13. The highest BCUT2D eigenvalue weighted by molar-refractivity contribution is 7.92. The van der Waals surface area contributed by atoms with Crippen LogP contribution in [0.2, 0.25) is 0 Å². The molecule has 3 aromatic heterocycles. The van der Waals surface area contributed by atoms with Crippen LogP contribution in [0.5, 0.6) is 0 Å². The molecule has 0 aromatic carbocycles. The molecule has 1 fully saturated rings. The Morgan fingerprint density at radius 3 is 2.40 bits per heavy atom. The molecular formula is C17H17F3N4O4S2. The molecule has 0 radical (unpaired) electrons. The lowest BCUT2D eigenvalue weighted by Crippen LogP contribution is -2.43. The third-order valence-corrected chi connectivity index (χ3v) is 8.22. The van der Waals surface area contributed by atoms with Gasteiger partial charge in [0, 0.05) is 37.9 Å². The standard InChI is InChI=1S/C17H15F3N4O4S2.H2/c18-17(19,20)14-9-13-12(3-4-21-16(13)23-14)11-1-2-15(22-10-11)30(27,28)24-5-7-29(25,26)8-6-24;/h1-4,9-10H,5-8H2,(H,21,23);1H. The number of hydrogen-bond acceptors (Lipinski definition) is 6. The van der Waals surface area contributed by atoms with Gasteiger partial charge in [0.05, 0.1) is 11.5 Å². The molecule has 1 N–H and O–H groups in total. The third-order valence-electron chi connectivity index (χ3n) is 4.79. The molecule has 162 valence electrons. The van der Waals surface area contributed by atoms with Crippen molar-refractivity contribution in [1.29, 1.82) is 0 Å². The quantitative estimate of drug-likeness (QED) is 0.639. The van der Waals surface area contributed by atoms with Crippen molar-refractivity contribution in [2.45, 2.75) is 11.2 Å². The van der Waals surface area contributed by atoms with Gasteiger partial charge in [-0.2, -0.15) is 17.5 Å². The number of aromatic amines is 1. The van der Waals surface area contributed by atoms with Crippen molar-refractivity contribution in [3.63, 3.8) is 0 Å². The zero-order valence-electron chi connectivity index (χ0n) is 15.2. The minimum Gasteiger partial charge on any atom is -0.336 e. The van der Waals surface area contributed by atoms with Crippen molar-refractivity contribution in [2.24, 2.45) is 0 Å². The molecule has 0 atom stereocenters. The molecule has 30 heavy (non-hydrogen) atoms. The van der Waals surface area contributed by atoms with Crippen molar-refractivity contribution in [2.75, 3.05) is 24.6 Å². The van der Waals surface area contributed by atoms with E-state index in [9.17, 15) is 30.0 Å². The number of pyridine rings is 2. The van der Waals surface area contributed by atoms with Crippen molar-refractivity contribution in [3.8, 4) is 11.1 Å². The Morgan fingerprint density at radius 1 is 1.10 bits per heavy atom. The molecule has 3 aromatic rings. The lowest BCUT2D eigenvalue weighted by atomic mass is 10.1. The van der Waals surface area contributed by atoms with E-state index in [0.29, 0.717) is 11.1 Å². The van der Waals surface area contributed by atoms with E-state index in [4.69, 9.17) is 0 Å². The zero-order valence-corrected chi connectivity index (χ0v) is 16.9. The number of hydrogen-bond donors (Lipinski definition) is 1. The molecule has 0 unspecified atom stereocenters. The third kappa shape index (κ3) is 3.79. The molecule has 0 amide bonds. The number of H-pyrrole nitrogens is 1. The highest BCUT2D eigenvalue weighted by Gasteiger charge is 2.34. The SMILES string of the molecule is O=S1(=O)CCN(S(=O)(=O)c2ccc(-c3ccnc4[nH]c(C(F)(F)F)cc34)cn2)CC1.[HH]. The summed E-state index contributed by atoms with van der Waals surface area (Å²) in [5.41, 5.74) is -0.0710. The number of rotatable bonds is 3. The number of nitrogens with zero attached hydrogens (tertiary/aromatic N) is 3. The maximum absolute atomic E-state index is 13.0. The van der Waals surface area contributed by atoms with Gasteiger partial charge in [0.2, 0.25) is 0 Å². The summed E-state index contributed by atoms with van der Waals surface area (Å²) in [7, 11) is -7.22. The first kappa shape index (κ1) is 20.8. The summed E-state index contributed by atoms with van der Waals surface area (Å²) < 4.78 is 88.5. The van der Waals surface area contributed by atoms with Gasteiger partial charge in [-0.25, -0.2) is 26.8 Å². The highest BCUT2D eigenvalue weighted by atomic mass is 32.2. The monoisotopic (exact) mass is 462 g/mol. The lowest BCUT2D eigenvalue weighted by molar-refractivity contribution is -0.140. The smallest absolute Gasteiger partial charge is 0.336 e. The van der Waals surface area contributed by atoms with Crippen LogP contribution in [0.15, 0.2) is 41.7 Å². The molecule has 4 rings (SSSR count). The van der Waals surface area contributed by atoms with Crippen LogP contribution in [0.25, 0.3) is 22.2 Å². The molecule has 0 aliphatic carbocycles. The van der Waals surface area contributed by atoms with E-state index >= 15 is 0 Å². The fourth-order valence-corrected chi connectivity index (χ4v) is 5.98. The summed E-state index contributed by atoms with van der Waals surface area (Å²) in [5.74, 6) is -0.511. The number of alkyl halides is 3. The summed E-state index contributed by atoms with van der Waals surface area (Å²) in [5, 5.41) is -0.0376. The van der Waals surface area contributed by atoms with Gasteiger partial charge in [-0.05, 0) is 29.8 Å². The van der Waals surface area contributed by atoms with Crippen LogP contribution in [0.1, 0.15) is 7.12 Å². The molecule has 4 heterocycles. The summed E-state index contributed by atoms with van der Waals surface area (Å²) in [6.07, 6.45) is -1.97. The van der Waals surface area contributed by atoms with E-state index in [1.165, 1.54) is 30.6 Å². The van der Waals surface area contributed by atoms with Crippen LogP contribution in [0.4, 0.5) is 13.2 Å². The Labute approximate surface area is 171 Å². The first-order valence-corrected chi connectivity index (χ1v) is 12.0.